The lowest BCUT2D eigenvalue weighted by Gasteiger charge is -2.44. The Labute approximate surface area is 253 Å². The minimum Gasteiger partial charge on any atom is -0.444 e. The van der Waals surface area contributed by atoms with Crippen molar-refractivity contribution in [2.75, 3.05) is 45.9 Å². The normalized spacial score (nSPS) is 19.4. The molecule has 0 bridgehead atoms. The lowest BCUT2D eigenvalue weighted by atomic mass is 9.91. The molecule has 0 saturated carbocycles. The second kappa shape index (κ2) is 13.8. The number of ether oxygens (including phenoxy) is 2. The summed E-state index contributed by atoms with van der Waals surface area (Å²) in [4.78, 5) is 46.4. The van der Waals surface area contributed by atoms with Crippen molar-refractivity contribution in [1.82, 2.24) is 29.7 Å². The second-order valence-corrected chi connectivity index (χ2v) is 12.8. The van der Waals surface area contributed by atoms with Crippen LogP contribution >= 0.6 is 0 Å². The fraction of sp³-hybridized carbons (Fsp3) is 0.645. The van der Waals surface area contributed by atoms with E-state index in [1.54, 1.807) is 53.7 Å². The highest BCUT2D eigenvalue weighted by Gasteiger charge is 2.42. The van der Waals surface area contributed by atoms with Crippen LogP contribution < -0.4 is 0 Å². The van der Waals surface area contributed by atoms with E-state index in [0.29, 0.717) is 57.8 Å². The molecule has 3 amide bonds. The fourth-order valence-corrected chi connectivity index (χ4v) is 5.67. The number of halogens is 1. The van der Waals surface area contributed by atoms with E-state index in [0.717, 1.165) is 0 Å². The molecular formula is C31H45FN6O5. The molecule has 3 heterocycles. The van der Waals surface area contributed by atoms with Crippen molar-refractivity contribution in [1.29, 1.82) is 0 Å². The Bertz CT molecular complexity index is 1290. The third kappa shape index (κ3) is 7.90. The fourth-order valence-electron chi connectivity index (χ4n) is 5.67. The summed E-state index contributed by atoms with van der Waals surface area (Å²) in [5.74, 6) is -1.31. The number of nitrogens with zero attached hydrogens (tertiary/aromatic N) is 6. The van der Waals surface area contributed by atoms with Crippen molar-refractivity contribution >= 4 is 17.9 Å². The lowest BCUT2D eigenvalue weighted by molar-refractivity contribution is -0.142. The highest BCUT2D eigenvalue weighted by Crippen LogP contribution is 2.28. The zero-order chi connectivity index (χ0) is 31.3. The third-order valence-electron chi connectivity index (χ3n) is 7.55. The van der Waals surface area contributed by atoms with E-state index in [1.165, 1.54) is 10.7 Å². The van der Waals surface area contributed by atoms with Gasteiger partial charge in [0, 0.05) is 32.7 Å². The first-order chi connectivity index (χ1) is 20.4. The van der Waals surface area contributed by atoms with Crippen molar-refractivity contribution < 1.29 is 28.2 Å². The highest BCUT2D eigenvalue weighted by molar-refractivity contribution is 5.94. The van der Waals surface area contributed by atoms with Gasteiger partial charge in [0.15, 0.2) is 5.69 Å². The quantitative estimate of drug-likeness (QED) is 0.452. The Balaban J connectivity index is 1.70. The number of piperidine rings is 1. The number of benzene rings is 1. The van der Waals surface area contributed by atoms with Crippen LogP contribution in [0.2, 0.25) is 0 Å². The van der Waals surface area contributed by atoms with E-state index < -0.39 is 29.5 Å². The first kappa shape index (κ1) is 32.4. The first-order valence-corrected chi connectivity index (χ1v) is 15.2. The van der Waals surface area contributed by atoms with Crippen LogP contribution in [0.15, 0.2) is 24.3 Å². The average molecular weight is 601 g/mol. The summed E-state index contributed by atoms with van der Waals surface area (Å²) < 4.78 is 27.3. The Morgan fingerprint density at radius 2 is 1.81 bits per heavy atom. The predicted octanol–water partition coefficient (Wildman–Crippen LogP) is 3.94. The van der Waals surface area contributed by atoms with Crippen molar-refractivity contribution in [3.8, 4) is 5.69 Å². The first-order valence-electron chi connectivity index (χ1n) is 15.2. The van der Waals surface area contributed by atoms with Crippen LogP contribution in [0.1, 0.15) is 70.6 Å². The largest absolute Gasteiger partial charge is 0.444 e. The number of carbonyl (C=O) groups excluding carboxylic acids is 3. The number of morpholine rings is 1. The molecule has 11 nitrogen and oxygen atoms in total. The van der Waals surface area contributed by atoms with Crippen molar-refractivity contribution in [2.45, 2.75) is 72.4 Å². The summed E-state index contributed by atoms with van der Waals surface area (Å²) in [6, 6.07) is 5.78. The Morgan fingerprint density at radius 3 is 2.44 bits per heavy atom. The van der Waals surface area contributed by atoms with Gasteiger partial charge in [0.1, 0.15) is 17.1 Å². The molecule has 2 aromatic rings. The minimum atomic E-state index is -0.721. The zero-order valence-corrected chi connectivity index (χ0v) is 26.2. The molecule has 2 aliphatic rings. The van der Waals surface area contributed by atoms with Crippen LogP contribution in [-0.4, -0.2) is 105 Å². The zero-order valence-electron chi connectivity index (χ0n) is 26.2. The molecule has 4 rings (SSSR count). The number of rotatable bonds is 8. The van der Waals surface area contributed by atoms with E-state index in [9.17, 15) is 18.8 Å². The molecule has 0 N–H and O–H groups in total. The molecule has 2 atom stereocenters. The maximum absolute atomic E-state index is 14.8. The molecule has 0 aliphatic carbocycles. The molecule has 43 heavy (non-hydrogen) atoms. The molecule has 2 fully saturated rings. The number of likely N-dealkylation sites (tertiary alicyclic amines) is 1. The Morgan fingerprint density at radius 1 is 1.12 bits per heavy atom. The summed E-state index contributed by atoms with van der Waals surface area (Å²) in [5.41, 5.74) is 0.169. The topological polar surface area (TPSA) is 110 Å². The molecule has 2 aliphatic heterocycles. The Kier molecular flexibility index (Phi) is 10.4. The van der Waals surface area contributed by atoms with Gasteiger partial charge in [-0.3, -0.25) is 9.59 Å². The average Bonchev–Trinajstić information content (AvgIpc) is 3.38. The standard InChI is InChI=1S/C31H45FN6O5/c1-7-10-26-27(33-34-38(26)25-12-9-8-11-24(25)32)29(40)37(18-21(2)3)23-17-22(28(39)35-13-15-42-16-14-35)19-36(20-23)30(41)43-31(4,5)6/h8-9,11-12,21-23H,7,10,13-20H2,1-6H3/t22-,23+/m1/s1. The van der Waals surface area contributed by atoms with E-state index in [1.807, 2.05) is 20.8 Å². The van der Waals surface area contributed by atoms with Gasteiger partial charge < -0.3 is 24.2 Å². The van der Waals surface area contributed by atoms with Gasteiger partial charge in [-0.05, 0) is 51.7 Å². The predicted molar refractivity (Wildman–Crippen MR) is 158 cm³/mol. The van der Waals surface area contributed by atoms with Gasteiger partial charge in [0.2, 0.25) is 5.91 Å². The summed E-state index contributed by atoms with van der Waals surface area (Å²) >= 11 is 0. The van der Waals surface area contributed by atoms with Gasteiger partial charge in [0.05, 0.1) is 30.9 Å². The molecule has 0 radical (unpaired) electrons. The molecule has 1 aromatic heterocycles. The molecule has 0 unspecified atom stereocenters. The van der Waals surface area contributed by atoms with E-state index >= 15 is 0 Å². The van der Waals surface area contributed by atoms with Crippen molar-refractivity contribution in [2.24, 2.45) is 11.8 Å². The highest BCUT2D eigenvalue weighted by atomic mass is 19.1. The van der Waals surface area contributed by atoms with Crippen LogP contribution in [0.5, 0.6) is 0 Å². The summed E-state index contributed by atoms with van der Waals surface area (Å²) in [5, 5.41) is 8.47. The molecule has 1 aromatic carbocycles. The number of aromatic nitrogens is 3. The van der Waals surface area contributed by atoms with Gasteiger partial charge >= 0.3 is 6.09 Å². The number of hydrogen-bond acceptors (Lipinski definition) is 7. The number of para-hydroxylation sites is 1. The number of amides is 3. The van der Waals surface area contributed by atoms with Crippen LogP contribution in [0.25, 0.3) is 5.69 Å². The van der Waals surface area contributed by atoms with Crippen LogP contribution in [0.4, 0.5) is 9.18 Å². The number of carbonyl (C=O) groups is 3. The summed E-state index contributed by atoms with van der Waals surface area (Å²) in [7, 11) is 0. The summed E-state index contributed by atoms with van der Waals surface area (Å²) in [6.45, 7) is 14.1. The van der Waals surface area contributed by atoms with E-state index in [-0.39, 0.29) is 42.2 Å². The van der Waals surface area contributed by atoms with E-state index in [4.69, 9.17) is 9.47 Å². The maximum Gasteiger partial charge on any atom is 0.410 e. The van der Waals surface area contributed by atoms with Crippen molar-refractivity contribution in [3.63, 3.8) is 0 Å². The molecule has 2 saturated heterocycles. The van der Waals surface area contributed by atoms with Gasteiger partial charge in [-0.15, -0.1) is 5.10 Å². The van der Waals surface area contributed by atoms with E-state index in [2.05, 4.69) is 10.3 Å². The third-order valence-corrected chi connectivity index (χ3v) is 7.55. The van der Waals surface area contributed by atoms with Gasteiger partial charge in [0.25, 0.3) is 5.91 Å². The number of hydrogen-bond donors (Lipinski definition) is 0. The smallest absolute Gasteiger partial charge is 0.410 e. The molecule has 12 heteroatoms. The van der Waals surface area contributed by atoms with Crippen LogP contribution in [0, 0.1) is 17.7 Å². The minimum absolute atomic E-state index is 0.0596. The molecular weight excluding hydrogens is 555 g/mol. The van der Waals surface area contributed by atoms with Gasteiger partial charge in [-0.1, -0.05) is 44.5 Å². The maximum atomic E-state index is 14.8. The molecule has 0 spiro atoms. The Hall–Kier alpha value is -3.54. The monoisotopic (exact) mass is 600 g/mol. The summed E-state index contributed by atoms with van der Waals surface area (Å²) in [6.07, 6.45) is 1.02. The lowest BCUT2D eigenvalue weighted by Crippen LogP contribution is -2.58. The van der Waals surface area contributed by atoms with Gasteiger partial charge in [-0.2, -0.15) is 0 Å². The second-order valence-electron chi connectivity index (χ2n) is 12.8. The SMILES string of the molecule is CCCc1c(C(=O)N(CC(C)C)[C@H]2C[C@@H](C(=O)N3CCOCC3)CN(C(=O)OC(C)(C)C)C2)nnn1-c1ccccc1F. The van der Waals surface area contributed by atoms with Crippen LogP contribution in [-0.2, 0) is 20.7 Å². The molecule has 236 valence electrons. The van der Waals surface area contributed by atoms with Crippen molar-refractivity contribution in [3.05, 3.63) is 41.5 Å². The van der Waals surface area contributed by atoms with Crippen LogP contribution in [0.3, 0.4) is 0 Å². The van der Waals surface area contributed by atoms with Gasteiger partial charge in [-0.25, -0.2) is 13.9 Å².